The van der Waals surface area contributed by atoms with Gasteiger partial charge in [-0.3, -0.25) is 4.79 Å². The van der Waals surface area contributed by atoms with Gasteiger partial charge in [0.2, 0.25) is 5.88 Å². The van der Waals surface area contributed by atoms with Crippen molar-refractivity contribution < 1.29 is 9.53 Å². The topological polar surface area (TPSA) is 81.9 Å². The molecule has 0 aliphatic heterocycles. The third-order valence-electron chi connectivity index (χ3n) is 3.99. The minimum absolute atomic E-state index is 0.154. The summed E-state index contributed by atoms with van der Waals surface area (Å²) < 4.78 is 8.40. The number of hydrogen-bond acceptors (Lipinski definition) is 5. The van der Waals surface area contributed by atoms with E-state index in [0.29, 0.717) is 34.5 Å². The molecule has 0 saturated carbocycles. The molecule has 0 saturated heterocycles. The van der Waals surface area contributed by atoms with E-state index in [4.69, 9.17) is 4.74 Å². The number of ether oxygens (including phenoxy) is 1. The molecule has 4 aromatic rings. The predicted molar refractivity (Wildman–Crippen MR) is 118 cm³/mol. The van der Waals surface area contributed by atoms with Crippen molar-refractivity contribution in [2.45, 2.75) is 6.92 Å². The molecule has 4 rings (SSSR count). The fourth-order valence-electron chi connectivity index (χ4n) is 2.67. The van der Waals surface area contributed by atoms with Gasteiger partial charge in [-0.1, -0.05) is 12.1 Å². The number of amides is 1. The Morgan fingerprint density at radius 3 is 2.59 bits per heavy atom. The molecule has 1 N–H and O–H groups in total. The lowest BCUT2D eigenvalue weighted by atomic mass is 10.2. The monoisotopic (exact) mass is 497 g/mol. The van der Waals surface area contributed by atoms with Crippen LogP contribution in [0, 0.1) is 10.5 Å². The lowest BCUT2D eigenvalue weighted by molar-refractivity contribution is 0.102. The highest BCUT2D eigenvalue weighted by molar-refractivity contribution is 14.1. The van der Waals surface area contributed by atoms with E-state index in [1.165, 1.54) is 0 Å². The smallest absolute Gasteiger partial charge is 0.256 e. The first kappa shape index (κ1) is 19.1. The van der Waals surface area contributed by atoms with Crippen LogP contribution in [0.15, 0.2) is 73.1 Å². The molecule has 0 atom stereocenters. The van der Waals surface area contributed by atoms with Crippen LogP contribution in [0.4, 0.5) is 5.69 Å². The number of nitrogens with zero attached hydrogens (tertiary/aromatic N) is 4. The lowest BCUT2D eigenvalue weighted by Crippen LogP contribution is -2.13. The molecule has 0 aliphatic carbocycles. The Morgan fingerprint density at radius 1 is 1.07 bits per heavy atom. The normalized spacial score (nSPS) is 10.6. The maximum absolute atomic E-state index is 12.4. The first-order valence-corrected chi connectivity index (χ1v) is 9.86. The average molecular weight is 497 g/mol. The number of hydrogen-bond donors (Lipinski definition) is 1. The summed E-state index contributed by atoms with van der Waals surface area (Å²) in [5.74, 6) is 2.06. The molecule has 8 heteroatoms. The number of benzene rings is 2. The van der Waals surface area contributed by atoms with Gasteiger partial charge >= 0.3 is 0 Å². The predicted octanol–water partition coefficient (Wildman–Crippen LogP) is 4.62. The van der Waals surface area contributed by atoms with Gasteiger partial charge in [-0.2, -0.15) is 10.1 Å². The first-order chi connectivity index (χ1) is 14.1. The van der Waals surface area contributed by atoms with Crippen LogP contribution in [0.2, 0.25) is 0 Å². The van der Waals surface area contributed by atoms with Gasteiger partial charge < -0.3 is 10.1 Å². The average Bonchev–Trinajstić information content (AvgIpc) is 3.24. The van der Waals surface area contributed by atoms with Gasteiger partial charge in [0.25, 0.3) is 5.91 Å². The van der Waals surface area contributed by atoms with Crippen LogP contribution in [0.3, 0.4) is 0 Å². The van der Waals surface area contributed by atoms with E-state index in [1.807, 2.05) is 24.3 Å². The van der Waals surface area contributed by atoms with Crippen LogP contribution in [-0.4, -0.2) is 25.7 Å². The molecule has 0 fully saturated rings. The van der Waals surface area contributed by atoms with Gasteiger partial charge in [0.05, 0.1) is 5.56 Å². The zero-order chi connectivity index (χ0) is 20.2. The minimum Gasteiger partial charge on any atom is -0.439 e. The van der Waals surface area contributed by atoms with Gasteiger partial charge in [-0.05, 0) is 72.0 Å². The summed E-state index contributed by atoms with van der Waals surface area (Å²) in [6.07, 6.45) is 3.48. The molecular formula is C21H16IN5O2. The van der Waals surface area contributed by atoms with E-state index in [9.17, 15) is 4.79 Å². The van der Waals surface area contributed by atoms with Crippen molar-refractivity contribution in [3.8, 4) is 17.4 Å². The second kappa shape index (κ2) is 8.39. The SMILES string of the molecule is Cc1nc(Oc2ccc(NC(=O)c3ccccc3I)cc2)cc(-n2cccn2)n1. The van der Waals surface area contributed by atoms with E-state index < -0.39 is 0 Å². The fraction of sp³-hybridized carbons (Fsp3) is 0.0476. The van der Waals surface area contributed by atoms with E-state index in [0.717, 1.165) is 3.57 Å². The number of carbonyl (C=O) groups is 1. The number of aryl methyl sites for hydroxylation is 1. The number of rotatable bonds is 5. The number of carbonyl (C=O) groups excluding carboxylic acids is 1. The Kier molecular flexibility index (Phi) is 5.52. The highest BCUT2D eigenvalue weighted by Crippen LogP contribution is 2.23. The van der Waals surface area contributed by atoms with Crippen LogP contribution < -0.4 is 10.1 Å². The Hall–Kier alpha value is -3.27. The van der Waals surface area contributed by atoms with Crippen molar-refractivity contribution in [2.75, 3.05) is 5.32 Å². The standard InChI is InChI=1S/C21H16IN5O2/c1-14-24-19(27-12-4-11-23-27)13-20(25-14)29-16-9-7-15(8-10-16)26-21(28)17-5-2-3-6-18(17)22/h2-13H,1H3,(H,26,28). The van der Waals surface area contributed by atoms with E-state index in [2.05, 4.69) is 43.0 Å². The Labute approximate surface area is 180 Å². The summed E-state index contributed by atoms with van der Waals surface area (Å²) in [7, 11) is 0. The molecule has 7 nitrogen and oxygen atoms in total. The van der Waals surface area contributed by atoms with Crippen LogP contribution in [0.5, 0.6) is 11.6 Å². The third-order valence-corrected chi connectivity index (χ3v) is 4.93. The van der Waals surface area contributed by atoms with E-state index in [1.54, 1.807) is 60.4 Å². The van der Waals surface area contributed by atoms with E-state index in [-0.39, 0.29) is 5.91 Å². The van der Waals surface area contributed by atoms with Crippen molar-refractivity contribution in [2.24, 2.45) is 0 Å². The van der Waals surface area contributed by atoms with Gasteiger partial charge in [0.1, 0.15) is 11.6 Å². The second-order valence-electron chi connectivity index (χ2n) is 6.12. The van der Waals surface area contributed by atoms with Gasteiger partial charge in [-0.25, -0.2) is 9.67 Å². The highest BCUT2D eigenvalue weighted by Gasteiger charge is 2.10. The van der Waals surface area contributed by atoms with Crippen molar-refractivity contribution in [3.05, 3.63) is 88.0 Å². The summed E-state index contributed by atoms with van der Waals surface area (Å²) in [5.41, 5.74) is 1.31. The molecule has 0 radical (unpaired) electrons. The molecule has 2 aromatic heterocycles. The molecule has 0 unspecified atom stereocenters. The zero-order valence-corrected chi connectivity index (χ0v) is 17.6. The number of anilines is 1. The maximum Gasteiger partial charge on any atom is 0.256 e. The Morgan fingerprint density at radius 2 is 1.86 bits per heavy atom. The molecule has 0 aliphatic rings. The maximum atomic E-state index is 12.4. The molecular weight excluding hydrogens is 481 g/mol. The summed E-state index contributed by atoms with van der Waals surface area (Å²) in [6.45, 7) is 1.80. The lowest BCUT2D eigenvalue weighted by Gasteiger charge is -2.10. The summed E-state index contributed by atoms with van der Waals surface area (Å²) in [5, 5.41) is 7.07. The quantitative estimate of drug-likeness (QED) is 0.407. The molecule has 1 amide bonds. The van der Waals surface area contributed by atoms with Crippen molar-refractivity contribution in [1.82, 2.24) is 19.7 Å². The van der Waals surface area contributed by atoms with Gasteiger partial charge in [-0.15, -0.1) is 0 Å². The third kappa shape index (κ3) is 4.60. The number of nitrogens with one attached hydrogen (secondary N) is 1. The number of halogens is 1. The van der Waals surface area contributed by atoms with Crippen molar-refractivity contribution in [1.29, 1.82) is 0 Å². The minimum atomic E-state index is -0.154. The second-order valence-corrected chi connectivity index (χ2v) is 7.28. The largest absolute Gasteiger partial charge is 0.439 e. The van der Waals surface area contributed by atoms with E-state index >= 15 is 0 Å². The molecule has 29 heavy (non-hydrogen) atoms. The van der Waals surface area contributed by atoms with Crippen LogP contribution in [-0.2, 0) is 0 Å². The summed E-state index contributed by atoms with van der Waals surface area (Å²) in [6, 6.07) is 18.1. The summed E-state index contributed by atoms with van der Waals surface area (Å²) in [4.78, 5) is 21.1. The Balaban J connectivity index is 1.48. The number of aromatic nitrogens is 4. The van der Waals surface area contributed by atoms with Gasteiger partial charge in [0.15, 0.2) is 5.82 Å². The van der Waals surface area contributed by atoms with Crippen molar-refractivity contribution in [3.63, 3.8) is 0 Å². The molecule has 0 spiro atoms. The molecule has 144 valence electrons. The fourth-order valence-corrected chi connectivity index (χ4v) is 3.30. The van der Waals surface area contributed by atoms with Crippen LogP contribution >= 0.6 is 22.6 Å². The van der Waals surface area contributed by atoms with Gasteiger partial charge in [0, 0.05) is 27.7 Å². The Bertz CT molecular complexity index is 1140. The highest BCUT2D eigenvalue weighted by atomic mass is 127. The first-order valence-electron chi connectivity index (χ1n) is 8.78. The molecule has 0 bridgehead atoms. The summed E-state index contributed by atoms with van der Waals surface area (Å²) >= 11 is 2.15. The van der Waals surface area contributed by atoms with Crippen LogP contribution in [0.25, 0.3) is 5.82 Å². The van der Waals surface area contributed by atoms with Crippen molar-refractivity contribution >= 4 is 34.2 Å². The zero-order valence-electron chi connectivity index (χ0n) is 15.4. The van der Waals surface area contributed by atoms with Crippen LogP contribution in [0.1, 0.15) is 16.2 Å². The molecule has 2 heterocycles. The molecule has 2 aromatic carbocycles.